The fraction of sp³-hybridized carbons (Fsp3) is 0.577. The lowest BCUT2D eigenvalue weighted by molar-refractivity contribution is -0.141. The van der Waals surface area contributed by atoms with E-state index in [-0.39, 0.29) is 18.1 Å². The van der Waals surface area contributed by atoms with Crippen LogP contribution in [0.4, 0.5) is 11.4 Å². The van der Waals surface area contributed by atoms with Crippen LogP contribution in [0, 0.1) is 0 Å². The minimum atomic E-state index is -0.234. The molecular weight excluding hydrogens is 434 g/mol. The molecule has 7 heteroatoms. The second-order valence-corrected chi connectivity index (χ2v) is 10.4. The van der Waals surface area contributed by atoms with Crippen LogP contribution in [0.1, 0.15) is 39.0 Å². The fourth-order valence-electron chi connectivity index (χ4n) is 5.37. The van der Waals surface area contributed by atoms with E-state index < -0.39 is 0 Å². The van der Waals surface area contributed by atoms with Gasteiger partial charge in [0.05, 0.1) is 24.4 Å². The maximum Gasteiger partial charge on any atom is 0.253 e. The van der Waals surface area contributed by atoms with Crippen molar-refractivity contribution in [2.75, 3.05) is 55.7 Å². The summed E-state index contributed by atoms with van der Waals surface area (Å²) in [5, 5.41) is 4.07. The maximum atomic E-state index is 12.4. The third-order valence-corrected chi connectivity index (χ3v) is 8.16. The Morgan fingerprint density at radius 3 is 2.64 bits per heavy atom. The van der Waals surface area contributed by atoms with E-state index in [1.165, 1.54) is 25.1 Å². The molecule has 2 aromatic rings. The number of amides is 1. The van der Waals surface area contributed by atoms with Crippen molar-refractivity contribution in [1.82, 2.24) is 4.90 Å². The van der Waals surface area contributed by atoms with Crippen molar-refractivity contribution in [3.05, 3.63) is 41.1 Å². The van der Waals surface area contributed by atoms with Gasteiger partial charge in [-0.1, -0.05) is 0 Å². The number of benzene rings is 1. The fourth-order valence-corrected chi connectivity index (χ4v) is 6.01. The molecule has 1 spiro atoms. The van der Waals surface area contributed by atoms with E-state index in [1.54, 1.807) is 11.3 Å². The van der Waals surface area contributed by atoms with E-state index in [2.05, 4.69) is 41.0 Å². The van der Waals surface area contributed by atoms with Crippen molar-refractivity contribution < 1.29 is 14.3 Å². The van der Waals surface area contributed by atoms with Crippen molar-refractivity contribution >= 4 is 28.6 Å². The zero-order valence-electron chi connectivity index (χ0n) is 19.6. The molecule has 0 saturated carbocycles. The number of rotatable bonds is 7. The molecule has 4 heterocycles. The summed E-state index contributed by atoms with van der Waals surface area (Å²) in [6.07, 6.45) is 5.59. The van der Waals surface area contributed by atoms with Crippen LogP contribution in [-0.4, -0.2) is 68.4 Å². The molecule has 3 saturated heterocycles. The SMILES string of the molecule is C[C@@H]1CCCN1CCCOc1ccc(N2CCC3(CC2)CN(c2ccsc2)C(=O)CO3)cc1. The lowest BCUT2D eigenvalue weighted by Gasteiger charge is -2.47. The van der Waals surface area contributed by atoms with Crippen LogP contribution < -0.4 is 14.5 Å². The molecule has 1 amide bonds. The number of piperidine rings is 1. The summed E-state index contributed by atoms with van der Waals surface area (Å²) in [6.45, 7) is 8.16. The Labute approximate surface area is 201 Å². The highest BCUT2D eigenvalue weighted by Gasteiger charge is 2.42. The van der Waals surface area contributed by atoms with Gasteiger partial charge >= 0.3 is 0 Å². The van der Waals surface area contributed by atoms with Crippen LogP contribution in [0.15, 0.2) is 41.1 Å². The number of carbonyl (C=O) groups excluding carboxylic acids is 1. The largest absolute Gasteiger partial charge is 0.494 e. The predicted octanol–water partition coefficient (Wildman–Crippen LogP) is 4.40. The number of morpholine rings is 1. The number of likely N-dealkylation sites (tertiary alicyclic amines) is 1. The molecule has 0 unspecified atom stereocenters. The summed E-state index contributed by atoms with van der Waals surface area (Å²) >= 11 is 1.63. The highest BCUT2D eigenvalue weighted by Crippen LogP contribution is 2.35. The van der Waals surface area contributed by atoms with Gasteiger partial charge in [0.15, 0.2) is 0 Å². The summed E-state index contributed by atoms with van der Waals surface area (Å²) in [5.74, 6) is 1.01. The Hall–Kier alpha value is -2.09. The van der Waals surface area contributed by atoms with Crippen molar-refractivity contribution in [3.8, 4) is 5.75 Å². The predicted molar refractivity (Wildman–Crippen MR) is 134 cm³/mol. The molecule has 1 atom stereocenters. The monoisotopic (exact) mass is 469 g/mol. The second-order valence-electron chi connectivity index (χ2n) is 9.64. The molecule has 0 N–H and O–H groups in total. The molecule has 3 aliphatic heterocycles. The third-order valence-electron chi connectivity index (χ3n) is 7.49. The number of hydrogen-bond acceptors (Lipinski definition) is 6. The van der Waals surface area contributed by atoms with Crippen LogP contribution in [0.3, 0.4) is 0 Å². The number of nitrogens with zero attached hydrogens (tertiary/aromatic N) is 3. The first kappa shape index (κ1) is 22.7. The number of carbonyl (C=O) groups is 1. The van der Waals surface area contributed by atoms with Crippen LogP contribution in [0.2, 0.25) is 0 Å². The van der Waals surface area contributed by atoms with Gasteiger partial charge in [-0.3, -0.25) is 4.79 Å². The van der Waals surface area contributed by atoms with Gasteiger partial charge in [0.1, 0.15) is 12.4 Å². The summed E-state index contributed by atoms with van der Waals surface area (Å²) in [5.41, 5.74) is 1.99. The Kier molecular flexibility index (Phi) is 6.90. The van der Waals surface area contributed by atoms with Crippen molar-refractivity contribution in [2.45, 2.75) is 50.7 Å². The minimum absolute atomic E-state index is 0.0620. The third kappa shape index (κ3) is 5.20. The van der Waals surface area contributed by atoms with E-state index >= 15 is 0 Å². The molecule has 6 nitrogen and oxygen atoms in total. The van der Waals surface area contributed by atoms with Crippen LogP contribution >= 0.6 is 11.3 Å². The normalized spacial score (nSPS) is 23.4. The van der Waals surface area contributed by atoms with Gasteiger partial charge < -0.3 is 24.2 Å². The van der Waals surface area contributed by atoms with Crippen LogP contribution in [0.5, 0.6) is 5.75 Å². The van der Waals surface area contributed by atoms with E-state index in [0.717, 1.165) is 63.0 Å². The van der Waals surface area contributed by atoms with Crippen molar-refractivity contribution in [2.24, 2.45) is 0 Å². The maximum absolute atomic E-state index is 12.4. The standard InChI is InChI=1S/C26H35N3O3S/c1-21-4-2-12-27(21)13-3-16-31-24-7-5-22(6-8-24)28-14-10-26(11-15-28)20-29(25(30)18-32-26)23-9-17-33-19-23/h5-9,17,19,21H,2-4,10-16,18,20H2,1H3/t21-/m1/s1. The lowest BCUT2D eigenvalue weighted by atomic mass is 9.89. The van der Waals surface area contributed by atoms with Crippen molar-refractivity contribution in [3.63, 3.8) is 0 Å². The smallest absolute Gasteiger partial charge is 0.253 e. The quantitative estimate of drug-likeness (QED) is 0.563. The van der Waals surface area contributed by atoms with Crippen LogP contribution in [0.25, 0.3) is 0 Å². The second kappa shape index (κ2) is 10.0. The summed E-state index contributed by atoms with van der Waals surface area (Å²) in [7, 11) is 0. The first-order valence-electron chi connectivity index (χ1n) is 12.3. The average Bonchev–Trinajstić information content (AvgIpc) is 3.52. The Balaban J connectivity index is 1.09. The molecule has 0 aliphatic carbocycles. The molecule has 3 fully saturated rings. The lowest BCUT2D eigenvalue weighted by Crippen LogP contribution is -2.59. The molecule has 0 radical (unpaired) electrons. The minimum Gasteiger partial charge on any atom is -0.494 e. The van der Waals surface area contributed by atoms with Gasteiger partial charge in [0.2, 0.25) is 0 Å². The Morgan fingerprint density at radius 2 is 1.94 bits per heavy atom. The number of thiophene rings is 1. The van der Waals surface area contributed by atoms with Gasteiger partial charge in [-0.25, -0.2) is 0 Å². The van der Waals surface area contributed by atoms with Crippen molar-refractivity contribution in [1.29, 1.82) is 0 Å². The first-order chi connectivity index (χ1) is 16.1. The summed E-state index contributed by atoms with van der Waals surface area (Å²) < 4.78 is 12.1. The molecule has 178 valence electrons. The van der Waals surface area contributed by atoms with Gasteiger partial charge in [0.25, 0.3) is 5.91 Å². The average molecular weight is 470 g/mol. The van der Waals surface area contributed by atoms with Crippen LogP contribution in [-0.2, 0) is 9.53 Å². The van der Waals surface area contributed by atoms with Gasteiger partial charge in [-0.15, -0.1) is 0 Å². The van der Waals surface area contributed by atoms with E-state index in [1.807, 2.05) is 21.7 Å². The van der Waals surface area contributed by atoms with Gasteiger partial charge in [0, 0.05) is 36.7 Å². The number of hydrogen-bond donors (Lipinski definition) is 0. The molecular formula is C26H35N3O3S. The van der Waals surface area contributed by atoms with E-state index in [9.17, 15) is 4.79 Å². The van der Waals surface area contributed by atoms with Gasteiger partial charge in [-0.2, -0.15) is 11.3 Å². The first-order valence-corrected chi connectivity index (χ1v) is 13.2. The molecule has 0 bridgehead atoms. The summed E-state index contributed by atoms with van der Waals surface area (Å²) in [4.78, 5) is 19.3. The number of ether oxygens (including phenoxy) is 2. The zero-order valence-corrected chi connectivity index (χ0v) is 20.4. The number of anilines is 2. The van der Waals surface area contributed by atoms with Gasteiger partial charge in [-0.05, 0) is 81.3 Å². The Morgan fingerprint density at radius 1 is 1.12 bits per heavy atom. The molecule has 33 heavy (non-hydrogen) atoms. The topological polar surface area (TPSA) is 45.2 Å². The summed E-state index contributed by atoms with van der Waals surface area (Å²) in [6, 6.07) is 11.3. The van der Waals surface area contributed by atoms with E-state index in [4.69, 9.17) is 9.47 Å². The molecule has 1 aromatic carbocycles. The van der Waals surface area contributed by atoms with E-state index in [0.29, 0.717) is 6.54 Å². The highest BCUT2D eigenvalue weighted by atomic mass is 32.1. The molecule has 3 aliphatic rings. The molecule has 5 rings (SSSR count). The highest BCUT2D eigenvalue weighted by molar-refractivity contribution is 7.08. The molecule has 1 aromatic heterocycles. The zero-order chi connectivity index (χ0) is 22.7. The Bertz CT molecular complexity index is 909.